The second kappa shape index (κ2) is 12.2. The summed E-state index contributed by atoms with van der Waals surface area (Å²) in [5.74, 6) is -0.575. The third kappa shape index (κ3) is 6.53. The molecule has 1 aliphatic heterocycles. The van der Waals surface area contributed by atoms with Gasteiger partial charge in [-0.05, 0) is 49.7 Å². The van der Waals surface area contributed by atoms with Crippen LogP contribution in [0.5, 0.6) is 5.75 Å². The van der Waals surface area contributed by atoms with Crippen molar-refractivity contribution in [2.24, 2.45) is 5.92 Å². The average molecular weight is 506 g/mol. The van der Waals surface area contributed by atoms with Crippen molar-refractivity contribution in [3.05, 3.63) is 60.8 Å². The van der Waals surface area contributed by atoms with E-state index in [4.69, 9.17) is 9.47 Å². The number of nitrogens with zero attached hydrogens (tertiary/aromatic N) is 2. The van der Waals surface area contributed by atoms with Gasteiger partial charge in [-0.2, -0.15) is 0 Å². The molecule has 1 aliphatic rings. The number of ether oxygens (including phenoxy) is 2. The van der Waals surface area contributed by atoms with Gasteiger partial charge >= 0.3 is 12.0 Å². The molecule has 0 spiro atoms. The number of carbonyl (C=O) groups is 3. The number of methoxy groups -OCH3 is 1. The van der Waals surface area contributed by atoms with Crippen LogP contribution in [0.2, 0.25) is 0 Å². The lowest BCUT2D eigenvalue weighted by atomic mass is 9.92. The van der Waals surface area contributed by atoms with Crippen molar-refractivity contribution in [1.82, 2.24) is 15.2 Å². The molecule has 1 aromatic heterocycles. The van der Waals surface area contributed by atoms with Gasteiger partial charge in [-0.15, -0.1) is 0 Å². The molecule has 1 fully saturated rings. The number of rotatable bonds is 8. The summed E-state index contributed by atoms with van der Waals surface area (Å²) in [5.41, 5.74) is 2.02. The van der Waals surface area contributed by atoms with E-state index in [9.17, 15) is 14.4 Å². The summed E-state index contributed by atoms with van der Waals surface area (Å²) in [6, 6.07) is 15.7. The highest BCUT2D eigenvalue weighted by atomic mass is 16.5. The van der Waals surface area contributed by atoms with Crippen LogP contribution in [0.3, 0.4) is 0 Å². The molecular weight excluding hydrogens is 474 g/mol. The van der Waals surface area contributed by atoms with Gasteiger partial charge in [0.25, 0.3) is 0 Å². The summed E-state index contributed by atoms with van der Waals surface area (Å²) in [4.78, 5) is 44.3. The molecule has 2 aromatic carbocycles. The Kier molecular flexibility index (Phi) is 8.52. The van der Waals surface area contributed by atoms with E-state index in [1.54, 1.807) is 43.3 Å². The molecule has 1 saturated heterocycles. The zero-order valence-electron chi connectivity index (χ0n) is 20.9. The second-order valence-corrected chi connectivity index (χ2v) is 8.67. The Labute approximate surface area is 215 Å². The van der Waals surface area contributed by atoms with E-state index >= 15 is 0 Å². The molecule has 37 heavy (non-hydrogen) atoms. The van der Waals surface area contributed by atoms with Gasteiger partial charge in [-0.1, -0.05) is 18.2 Å². The van der Waals surface area contributed by atoms with Crippen LogP contribution >= 0.6 is 0 Å². The monoisotopic (exact) mass is 505 g/mol. The van der Waals surface area contributed by atoms with E-state index in [2.05, 4.69) is 20.9 Å². The van der Waals surface area contributed by atoms with Crippen LogP contribution in [-0.2, 0) is 14.3 Å². The molecule has 3 aromatic rings. The zero-order valence-corrected chi connectivity index (χ0v) is 20.9. The number of urea groups is 1. The highest BCUT2D eigenvalue weighted by Gasteiger charge is 2.37. The van der Waals surface area contributed by atoms with Crippen LogP contribution < -0.4 is 20.7 Å². The number of esters is 1. The summed E-state index contributed by atoms with van der Waals surface area (Å²) >= 11 is 0. The molecule has 10 nitrogen and oxygen atoms in total. The van der Waals surface area contributed by atoms with Gasteiger partial charge in [0.1, 0.15) is 5.75 Å². The lowest BCUT2D eigenvalue weighted by Gasteiger charge is -2.37. The molecule has 0 saturated carbocycles. The fourth-order valence-corrected chi connectivity index (χ4v) is 4.37. The second-order valence-electron chi connectivity index (χ2n) is 8.67. The predicted molar refractivity (Wildman–Crippen MR) is 140 cm³/mol. The molecule has 3 N–H and O–H groups in total. The quantitative estimate of drug-likeness (QED) is 0.402. The number of hydrogen-bond acceptors (Lipinski definition) is 7. The van der Waals surface area contributed by atoms with Crippen LogP contribution in [0.15, 0.2) is 60.8 Å². The maximum absolute atomic E-state index is 13.2. The molecule has 0 bridgehead atoms. The molecule has 0 radical (unpaired) electrons. The maximum atomic E-state index is 13.2. The molecule has 2 atom stereocenters. The number of likely N-dealkylation sites (tertiary alicyclic amines) is 1. The van der Waals surface area contributed by atoms with E-state index in [0.717, 1.165) is 10.9 Å². The lowest BCUT2D eigenvalue weighted by Crippen LogP contribution is -2.55. The first-order valence-corrected chi connectivity index (χ1v) is 12.2. The van der Waals surface area contributed by atoms with Gasteiger partial charge in [0.2, 0.25) is 5.91 Å². The van der Waals surface area contributed by atoms with Crippen molar-refractivity contribution >= 4 is 40.2 Å². The third-order valence-corrected chi connectivity index (χ3v) is 6.26. The average Bonchev–Trinajstić information content (AvgIpc) is 2.92. The van der Waals surface area contributed by atoms with Crippen molar-refractivity contribution in [3.8, 4) is 5.75 Å². The maximum Gasteiger partial charge on any atom is 0.321 e. The summed E-state index contributed by atoms with van der Waals surface area (Å²) < 4.78 is 10.6. The minimum absolute atomic E-state index is 0.0342. The fraction of sp³-hybridized carbons (Fsp3) is 0.333. The van der Waals surface area contributed by atoms with Crippen LogP contribution in [0.25, 0.3) is 10.9 Å². The van der Waals surface area contributed by atoms with Crippen LogP contribution in [0.1, 0.15) is 13.3 Å². The van der Waals surface area contributed by atoms with Gasteiger partial charge < -0.3 is 30.3 Å². The van der Waals surface area contributed by atoms with Crippen LogP contribution in [0, 0.1) is 5.92 Å². The molecule has 10 heteroatoms. The van der Waals surface area contributed by atoms with Gasteiger partial charge in [0.15, 0.2) is 0 Å². The summed E-state index contributed by atoms with van der Waals surface area (Å²) in [5, 5.41) is 9.70. The number of amides is 3. The molecular formula is C27H31N5O5. The minimum Gasteiger partial charge on any atom is -0.497 e. The molecule has 194 valence electrons. The molecule has 0 aliphatic carbocycles. The number of nitrogens with one attached hydrogen (secondary N) is 3. The highest BCUT2D eigenvalue weighted by Crippen LogP contribution is 2.27. The predicted octanol–water partition coefficient (Wildman–Crippen LogP) is 3.26. The Morgan fingerprint density at radius 1 is 1.08 bits per heavy atom. The number of anilines is 2. The molecule has 2 heterocycles. The Bertz CT molecular complexity index is 1250. The lowest BCUT2D eigenvalue weighted by molar-refractivity contribution is -0.150. The van der Waals surface area contributed by atoms with E-state index in [1.165, 1.54) is 0 Å². The number of piperidine rings is 1. The van der Waals surface area contributed by atoms with Gasteiger partial charge in [-0.3, -0.25) is 14.6 Å². The fourth-order valence-electron chi connectivity index (χ4n) is 4.37. The van der Waals surface area contributed by atoms with Crippen molar-refractivity contribution in [1.29, 1.82) is 0 Å². The van der Waals surface area contributed by atoms with Gasteiger partial charge in [0, 0.05) is 36.4 Å². The number of aromatic nitrogens is 1. The first kappa shape index (κ1) is 25.9. The van der Waals surface area contributed by atoms with Gasteiger partial charge in [-0.25, -0.2) is 4.79 Å². The Morgan fingerprint density at radius 3 is 2.65 bits per heavy atom. The van der Waals surface area contributed by atoms with Gasteiger partial charge in [0.05, 0.1) is 37.4 Å². The van der Waals surface area contributed by atoms with E-state index in [1.807, 2.05) is 36.4 Å². The number of hydrogen-bond donors (Lipinski definition) is 3. The minimum atomic E-state index is -0.613. The van der Waals surface area contributed by atoms with Crippen molar-refractivity contribution in [2.45, 2.75) is 19.4 Å². The number of pyridine rings is 1. The molecule has 4 rings (SSSR count). The highest BCUT2D eigenvalue weighted by molar-refractivity contribution is 6.00. The van der Waals surface area contributed by atoms with E-state index in [0.29, 0.717) is 30.1 Å². The standard InChI is InChI=1S/C27H31N5O5/c1-3-37-26(34)21-17-32(14-12-23(21)29-16-25(33)30-18-7-5-4-6-8-18)27(35)31-24-11-13-28-22-10-9-19(36-2)15-20(22)24/h4-11,13,15,21,23,29H,3,12,14,16-17H2,1-2H3,(H,30,33)(H,28,31,35). The third-order valence-electron chi connectivity index (χ3n) is 6.26. The number of para-hydroxylation sites is 1. The Hall–Kier alpha value is -4.18. The van der Waals surface area contributed by atoms with E-state index < -0.39 is 11.9 Å². The topological polar surface area (TPSA) is 122 Å². The smallest absolute Gasteiger partial charge is 0.321 e. The number of benzene rings is 2. The summed E-state index contributed by atoms with van der Waals surface area (Å²) in [6.07, 6.45) is 2.11. The largest absolute Gasteiger partial charge is 0.497 e. The normalized spacial score (nSPS) is 17.2. The van der Waals surface area contributed by atoms with Crippen molar-refractivity contribution < 1.29 is 23.9 Å². The molecule has 2 unspecified atom stereocenters. The van der Waals surface area contributed by atoms with E-state index in [-0.39, 0.29) is 37.7 Å². The first-order valence-electron chi connectivity index (χ1n) is 12.2. The summed E-state index contributed by atoms with van der Waals surface area (Å²) in [7, 11) is 1.58. The van der Waals surface area contributed by atoms with Crippen LogP contribution in [-0.4, -0.2) is 67.2 Å². The Morgan fingerprint density at radius 2 is 1.89 bits per heavy atom. The SMILES string of the molecule is CCOC(=O)C1CN(C(=O)Nc2ccnc3ccc(OC)cc23)CCC1NCC(=O)Nc1ccccc1. The first-order chi connectivity index (χ1) is 18.0. The zero-order chi connectivity index (χ0) is 26.2. The van der Waals surface area contributed by atoms with Crippen LogP contribution in [0.4, 0.5) is 16.2 Å². The molecule has 3 amide bonds. The van der Waals surface area contributed by atoms with Crippen molar-refractivity contribution in [2.75, 3.05) is 44.0 Å². The number of fused-ring (bicyclic) bond motifs is 1. The summed E-state index contributed by atoms with van der Waals surface area (Å²) in [6.45, 7) is 2.57. The van der Waals surface area contributed by atoms with Crippen molar-refractivity contribution in [3.63, 3.8) is 0 Å². The Balaban J connectivity index is 1.41. The number of carbonyl (C=O) groups excluding carboxylic acids is 3.